The fraction of sp³-hybridized carbons (Fsp3) is 0.100. The van der Waals surface area contributed by atoms with Crippen LogP contribution < -0.4 is 5.32 Å². The van der Waals surface area contributed by atoms with Gasteiger partial charge in [-0.05, 0) is 24.3 Å². The number of carboxylic acid groups (broad SMARTS) is 2. The minimum absolute atomic E-state index is 0.0646. The van der Waals surface area contributed by atoms with Gasteiger partial charge in [0.1, 0.15) is 6.54 Å². The molecule has 0 aliphatic heterocycles. The molecule has 1 rings (SSSR count). The van der Waals surface area contributed by atoms with Crippen molar-refractivity contribution in [3.05, 3.63) is 35.4 Å². The summed E-state index contributed by atoms with van der Waals surface area (Å²) in [6.07, 6.45) is 0. The van der Waals surface area contributed by atoms with E-state index >= 15 is 0 Å². The molecule has 0 aromatic heterocycles. The molecule has 0 saturated heterocycles. The molecule has 0 radical (unpaired) electrons. The Bertz CT molecular complexity index is 423. The fourth-order valence-electron chi connectivity index (χ4n) is 1.02. The summed E-state index contributed by atoms with van der Waals surface area (Å²) in [5, 5.41) is 19.1. The Kier molecular flexibility index (Phi) is 3.60. The number of carbonyl (C=O) groups is 3. The van der Waals surface area contributed by atoms with Gasteiger partial charge in [-0.2, -0.15) is 0 Å². The largest absolute Gasteiger partial charge is 0.480 e. The third-order valence-corrected chi connectivity index (χ3v) is 1.79. The number of hydrogen-bond donors (Lipinski definition) is 3. The van der Waals surface area contributed by atoms with Gasteiger partial charge in [0.25, 0.3) is 5.91 Å². The van der Waals surface area contributed by atoms with Crippen LogP contribution in [-0.2, 0) is 4.79 Å². The summed E-state index contributed by atoms with van der Waals surface area (Å²) in [5.41, 5.74) is 0.279. The van der Waals surface area contributed by atoms with Gasteiger partial charge in [0, 0.05) is 5.56 Å². The summed E-state index contributed by atoms with van der Waals surface area (Å²) in [5.74, 6) is -2.78. The average Bonchev–Trinajstić information content (AvgIpc) is 2.26. The molecule has 0 unspecified atom stereocenters. The Morgan fingerprint density at radius 3 is 1.94 bits per heavy atom. The molecule has 0 spiro atoms. The molecule has 1 aromatic carbocycles. The summed E-state index contributed by atoms with van der Waals surface area (Å²) in [6.45, 7) is -0.473. The van der Waals surface area contributed by atoms with Crippen molar-refractivity contribution in [3.8, 4) is 0 Å². The highest BCUT2D eigenvalue weighted by Gasteiger charge is 2.08. The summed E-state index contributed by atoms with van der Waals surface area (Å²) in [7, 11) is 0. The molecule has 0 atom stereocenters. The smallest absolute Gasteiger partial charge is 0.335 e. The summed E-state index contributed by atoms with van der Waals surface area (Å²) in [6, 6.07) is 5.19. The second kappa shape index (κ2) is 4.92. The van der Waals surface area contributed by atoms with Crippen molar-refractivity contribution in [1.82, 2.24) is 5.32 Å². The summed E-state index contributed by atoms with van der Waals surface area (Å²) in [4.78, 5) is 32.0. The molecule has 1 aromatic rings. The van der Waals surface area contributed by atoms with E-state index in [-0.39, 0.29) is 11.1 Å². The molecule has 3 N–H and O–H groups in total. The topological polar surface area (TPSA) is 104 Å². The second-order valence-corrected chi connectivity index (χ2v) is 2.96. The number of aliphatic carboxylic acids is 1. The molecule has 0 aliphatic rings. The molecule has 0 bridgehead atoms. The van der Waals surface area contributed by atoms with Gasteiger partial charge in [0.05, 0.1) is 5.56 Å². The van der Waals surface area contributed by atoms with Crippen LogP contribution in [0.1, 0.15) is 20.7 Å². The Morgan fingerprint density at radius 2 is 1.50 bits per heavy atom. The Balaban J connectivity index is 2.70. The number of aromatic carboxylic acids is 1. The fourth-order valence-corrected chi connectivity index (χ4v) is 1.02. The normalized spacial score (nSPS) is 9.50. The lowest BCUT2D eigenvalue weighted by molar-refractivity contribution is -0.135. The van der Waals surface area contributed by atoms with E-state index < -0.39 is 24.4 Å². The number of amides is 1. The first-order chi connectivity index (χ1) is 7.50. The van der Waals surface area contributed by atoms with Crippen LogP contribution in [0.15, 0.2) is 24.3 Å². The van der Waals surface area contributed by atoms with E-state index in [0.717, 1.165) is 0 Å². The van der Waals surface area contributed by atoms with E-state index in [1.165, 1.54) is 24.3 Å². The lowest BCUT2D eigenvalue weighted by Crippen LogP contribution is -2.29. The van der Waals surface area contributed by atoms with Gasteiger partial charge >= 0.3 is 11.9 Å². The van der Waals surface area contributed by atoms with Gasteiger partial charge in [0.2, 0.25) is 0 Å². The Morgan fingerprint density at radius 1 is 1.00 bits per heavy atom. The van der Waals surface area contributed by atoms with E-state index in [9.17, 15) is 14.4 Å². The molecule has 0 saturated carbocycles. The van der Waals surface area contributed by atoms with Crippen molar-refractivity contribution < 1.29 is 24.6 Å². The van der Waals surface area contributed by atoms with Crippen molar-refractivity contribution in [2.24, 2.45) is 0 Å². The van der Waals surface area contributed by atoms with Crippen molar-refractivity contribution in [3.63, 3.8) is 0 Å². The maximum atomic E-state index is 11.3. The number of nitrogens with one attached hydrogen (secondary N) is 1. The number of carbonyl (C=O) groups excluding carboxylic acids is 1. The summed E-state index contributed by atoms with van der Waals surface area (Å²) >= 11 is 0. The number of carboxylic acids is 2. The van der Waals surface area contributed by atoms with Gasteiger partial charge in [-0.3, -0.25) is 9.59 Å². The molecule has 84 valence electrons. The van der Waals surface area contributed by atoms with Crippen molar-refractivity contribution in [2.45, 2.75) is 0 Å². The van der Waals surface area contributed by atoms with Gasteiger partial charge in [0.15, 0.2) is 0 Å². The van der Waals surface area contributed by atoms with Crippen molar-refractivity contribution >= 4 is 17.8 Å². The van der Waals surface area contributed by atoms with E-state index in [0.29, 0.717) is 0 Å². The van der Waals surface area contributed by atoms with E-state index in [2.05, 4.69) is 5.32 Å². The maximum Gasteiger partial charge on any atom is 0.335 e. The molecule has 0 fully saturated rings. The zero-order valence-corrected chi connectivity index (χ0v) is 8.14. The minimum atomic E-state index is -1.14. The van der Waals surface area contributed by atoms with Crippen LogP contribution in [0.4, 0.5) is 0 Å². The third-order valence-electron chi connectivity index (χ3n) is 1.79. The van der Waals surface area contributed by atoms with Crippen LogP contribution in [0, 0.1) is 0 Å². The average molecular weight is 223 g/mol. The van der Waals surface area contributed by atoms with Crippen LogP contribution >= 0.6 is 0 Å². The lowest BCUT2D eigenvalue weighted by Gasteiger charge is -2.02. The molecular weight excluding hydrogens is 214 g/mol. The SMILES string of the molecule is O=C(O)CNC(=O)c1ccc(C(=O)O)cc1. The second-order valence-electron chi connectivity index (χ2n) is 2.96. The molecule has 6 nitrogen and oxygen atoms in total. The van der Waals surface area contributed by atoms with Crippen LogP contribution in [0.3, 0.4) is 0 Å². The first-order valence-electron chi connectivity index (χ1n) is 4.34. The highest BCUT2D eigenvalue weighted by atomic mass is 16.4. The van der Waals surface area contributed by atoms with Crippen LogP contribution in [0.25, 0.3) is 0 Å². The predicted molar refractivity (Wildman–Crippen MR) is 53.4 cm³/mol. The zero-order chi connectivity index (χ0) is 12.1. The standard InChI is InChI=1S/C10H9NO5/c12-8(13)5-11-9(14)6-1-3-7(4-2-6)10(15)16/h1-4H,5H2,(H,11,14)(H,12,13)(H,15,16). The van der Waals surface area contributed by atoms with Crippen LogP contribution in [-0.4, -0.2) is 34.6 Å². The third kappa shape index (κ3) is 3.09. The van der Waals surface area contributed by atoms with Gasteiger partial charge in [-0.25, -0.2) is 4.79 Å². The Labute approximate surface area is 90.5 Å². The molecular formula is C10H9NO5. The number of benzene rings is 1. The van der Waals surface area contributed by atoms with E-state index in [1.54, 1.807) is 0 Å². The van der Waals surface area contributed by atoms with Crippen molar-refractivity contribution in [2.75, 3.05) is 6.54 Å². The molecule has 0 aliphatic carbocycles. The lowest BCUT2D eigenvalue weighted by atomic mass is 10.1. The zero-order valence-electron chi connectivity index (χ0n) is 8.14. The highest BCUT2D eigenvalue weighted by Crippen LogP contribution is 2.04. The minimum Gasteiger partial charge on any atom is -0.480 e. The molecule has 0 heterocycles. The summed E-state index contributed by atoms with van der Waals surface area (Å²) < 4.78 is 0. The van der Waals surface area contributed by atoms with Gasteiger partial charge in [-0.15, -0.1) is 0 Å². The number of hydrogen-bond acceptors (Lipinski definition) is 3. The Hall–Kier alpha value is -2.37. The first kappa shape index (κ1) is 11.7. The maximum absolute atomic E-state index is 11.3. The number of rotatable bonds is 4. The predicted octanol–water partition coefficient (Wildman–Crippen LogP) is 0.199. The highest BCUT2D eigenvalue weighted by molar-refractivity contribution is 5.97. The van der Waals surface area contributed by atoms with Gasteiger partial charge in [-0.1, -0.05) is 0 Å². The van der Waals surface area contributed by atoms with E-state index in [1.807, 2.05) is 0 Å². The van der Waals surface area contributed by atoms with Crippen LogP contribution in [0.2, 0.25) is 0 Å². The first-order valence-corrected chi connectivity index (χ1v) is 4.34. The quantitative estimate of drug-likeness (QED) is 0.676. The molecule has 1 amide bonds. The molecule has 16 heavy (non-hydrogen) atoms. The van der Waals surface area contributed by atoms with Gasteiger partial charge < -0.3 is 15.5 Å². The van der Waals surface area contributed by atoms with Crippen molar-refractivity contribution in [1.29, 1.82) is 0 Å². The molecule has 6 heteroatoms. The van der Waals surface area contributed by atoms with E-state index in [4.69, 9.17) is 10.2 Å². The monoisotopic (exact) mass is 223 g/mol. The van der Waals surface area contributed by atoms with Crippen LogP contribution in [0.5, 0.6) is 0 Å².